The van der Waals surface area contributed by atoms with Gasteiger partial charge in [-0.15, -0.1) is 11.8 Å². The number of imidazole rings is 1. The van der Waals surface area contributed by atoms with E-state index in [-0.39, 0.29) is 5.69 Å². The van der Waals surface area contributed by atoms with E-state index in [9.17, 15) is 26.3 Å². The van der Waals surface area contributed by atoms with E-state index in [0.29, 0.717) is 22.0 Å². The van der Waals surface area contributed by atoms with Gasteiger partial charge >= 0.3 is 12.4 Å². The molecule has 0 atom stereocenters. The molecule has 3 rings (SSSR count). The number of rotatable bonds is 4. The van der Waals surface area contributed by atoms with Gasteiger partial charge in [0.2, 0.25) is 0 Å². The lowest BCUT2D eigenvalue weighted by Gasteiger charge is -2.14. The lowest BCUT2D eigenvalue weighted by atomic mass is 10.2. The highest BCUT2D eigenvalue weighted by atomic mass is 32.2. The van der Waals surface area contributed by atoms with Crippen molar-refractivity contribution >= 4 is 11.8 Å². The first-order valence-corrected chi connectivity index (χ1v) is 9.00. The number of pyridine rings is 1. The first-order valence-electron chi connectivity index (χ1n) is 8.01. The third kappa shape index (κ3) is 4.16. The van der Waals surface area contributed by atoms with Gasteiger partial charge < -0.3 is 0 Å². The number of thioether (sulfide) groups is 1. The average molecular weight is 417 g/mol. The number of benzene rings is 1. The van der Waals surface area contributed by atoms with Crippen LogP contribution in [-0.4, -0.2) is 20.3 Å². The van der Waals surface area contributed by atoms with Gasteiger partial charge in [0.1, 0.15) is 5.69 Å². The molecule has 1 aromatic carbocycles. The zero-order chi connectivity index (χ0) is 20.5. The largest absolute Gasteiger partial charge is 0.417 e. The number of hydrogen-bond acceptors (Lipinski definition) is 3. The molecule has 0 fully saturated rings. The van der Waals surface area contributed by atoms with Crippen LogP contribution >= 0.6 is 11.8 Å². The first-order chi connectivity index (χ1) is 13.1. The topological polar surface area (TPSA) is 30.7 Å². The summed E-state index contributed by atoms with van der Waals surface area (Å²) in [5, 5.41) is 0. The molecule has 2 aromatic heterocycles. The fraction of sp³-hybridized carbons (Fsp3) is 0.222. The Kier molecular flexibility index (Phi) is 5.42. The van der Waals surface area contributed by atoms with Gasteiger partial charge in [-0.2, -0.15) is 26.3 Å². The Hall–Kier alpha value is -2.49. The molecule has 0 bridgehead atoms. The van der Waals surface area contributed by atoms with Crippen LogP contribution in [0, 0.1) is 0 Å². The molecule has 0 aliphatic rings. The van der Waals surface area contributed by atoms with Crippen LogP contribution in [0.5, 0.6) is 0 Å². The molecule has 10 heteroatoms. The summed E-state index contributed by atoms with van der Waals surface area (Å²) in [6.45, 7) is 1.79. The summed E-state index contributed by atoms with van der Waals surface area (Å²) >= 11 is 1.19. The van der Waals surface area contributed by atoms with Crippen LogP contribution in [0.4, 0.5) is 26.3 Å². The second-order valence-electron chi connectivity index (χ2n) is 5.70. The van der Waals surface area contributed by atoms with E-state index >= 15 is 0 Å². The van der Waals surface area contributed by atoms with Crippen LogP contribution < -0.4 is 0 Å². The van der Waals surface area contributed by atoms with Crippen LogP contribution in [0.15, 0.2) is 53.9 Å². The van der Waals surface area contributed by atoms with Crippen molar-refractivity contribution in [3.63, 3.8) is 0 Å². The molecule has 0 saturated heterocycles. The Morgan fingerprint density at radius 2 is 1.57 bits per heavy atom. The van der Waals surface area contributed by atoms with Gasteiger partial charge in [-0.3, -0.25) is 9.55 Å². The first kappa shape index (κ1) is 20.2. The molecule has 0 spiro atoms. The molecular weight excluding hydrogens is 404 g/mol. The molecule has 0 saturated carbocycles. The van der Waals surface area contributed by atoms with Crippen molar-refractivity contribution in [2.75, 3.05) is 5.75 Å². The summed E-state index contributed by atoms with van der Waals surface area (Å²) in [4.78, 5) is 8.27. The van der Waals surface area contributed by atoms with Crippen molar-refractivity contribution in [1.29, 1.82) is 0 Å². The summed E-state index contributed by atoms with van der Waals surface area (Å²) < 4.78 is 78.8. The molecule has 3 aromatic rings. The number of nitrogens with zero attached hydrogens (tertiary/aromatic N) is 3. The van der Waals surface area contributed by atoms with Crippen molar-refractivity contribution in [3.8, 4) is 17.1 Å². The smallest absolute Gasteiger partial charge is 0.297 e. The van der Waals surface area contributed by atoms with Crippen LogP contribution in [0.2, 0.25) is 0 Å². The molecule has 0 aliphatic heterocycles. The van der Waals surface area contributed by atoms with Crippen molar-refractivity contribution in [3.05, 3.63) is 60.2 Å². The molecule has 148 valence electrons. The summed E-state index contributed by atoms with van der Waals surface area (Å²) in [5.41, 5.74) is -0.628. The van der Waals surface area contributed by atoms with E-state index in [0.717, 1.165) is 24.4 Å². The van der Waals surface area contributed by atoms with Gasteiger partial charge in [-0.1, -0.05) is 6.92 Å². The Balaban J connectivity index is 2.06. The normalized spacial score (nSPS) is 12.4. The monoisotopic (exact) mass is 417 g/mol. The lowest BCUT2D eigenvalue weighted by molar-refractivity contribution is -0.138. The van der Waals surface area contributed by atoms with Crippen molar-refractivity contribution in [2.24, 2.45) is 0 Å². The zero-order valence-corrected chi connectivity index (χ0v) is 15.2. The summed E-state index contributed by atoms with van der Waals surface area (Å²) in [7, 11) is 0. The average Bonchev–Trinajstić information content (AvgIpc) is 3.10. The maximum absolute atomic E-state index is 13.0. The van der Waals surface area contributed by atoms with E-state index in [1.165, 1.54) is 41.0 Å². The zero-order valence-electron chi connectivity index (χ0n) is 14.3. The molecule has 0 aliphatic carbocycles. The highest BCUT2D eigenvalue weighted by Gasteiger charge is 2.32. The molecule has 0 unspecified atom stereocenters. The van der Waals surface area contributed by atoms with Crippen molar-refractivity contribution in [2.45, 2.75) is 24.2 Å². The maximum Gasteiger partial charge on any atom is 0.417 e. The second-order valence-corrected chi connectivity index (χ2v) is 7.00. The van der Waals surface area contributed by atoms with Gasteiger partial charge in [-0.25, -0.2) is 4.98 Å². The van der Waals surface area contributed by atoms with Crippen LogP contribution in [0.3, 0.4) is 0 Å². The minimum absolute atomic E-state index is 0.275. The van der Waals surface area contributed by atoms with Gasteiger partial charge in [0.25, 0.3) is 0 Å². The summed E-state index contributed by atoms with van der Waals surface area (Å²) in [6.07, 6.45) is -5.47. The third-order valence-corrected chi connectivity index (χ3v) is 4.74. The van der Waals surface area contributed by atoms with Crippen LogP contribution in [0.25, 0.3) is 17.1 Å². The number of aromatic nitrogens is 3. The fourth-order valence-corrected chi connectivity index (χ4v) is 3.36. The predicted octanol–water partition coefficient (Wildman–Crippen LogP) is 6.08. The SMILES string of the molecule is CCSc1cc(C(F)(F)F)cnc1-c1cncn1-c1ccc(C(F)(F)F)cc1. The number of hydrogen-bond donors (Lipinski definition) is 0. The number of halogens is 6. The Bertz CT molecular complexity index is 961. The minimum atomic E-state index is -4.53. The molecular formula is C18H13F6N3S. The maximum atomic E-state index is 13.0. The summed E-state index contributed by atoms with van der Waals surface area (Å²) in [5.74, 6) is 0.518. The van der Waals surface area contributed by atoms with Crippen LogP contribution in [-0.2, 0) is 12.4 Å². The second kappa shape index (κ2) is 7.50. The van der Waals surface area contributed by atoms with E-state index < -0.39 is 23.5 Å². The highest BCUT2D eigenvalue weighted by Crippen LogP contribution is 2.37. The standard InChI is InChI=1S/C18H13F6N3S/c1-2-28-15-7-12(18(22,23)24)8-26-16(15)14-9-25-10-27(14)13-5-3-11(4-6-13)17(19,20)21/h3-10H,2H2,1H3. The quantitative estimate of drug-likeness (QED) is 0.381. The van der Waals surface area contributed by atoms with Gasteiger partial charge in [0.05, 0.1) is 29.3 Å². The number of alkyl halides is 6. The molecule has 28 heavy (non-hydrogen) atoms. The van der Waals surface area contributed by atoms with Crippen LogP contribution in [0.1, 0.15) is 18.1 Å². The van der Waals surface area contributed by atoms with E-state index in [2.05, 4.69) is 9.97 Å². The molecule has 2 heterocycles. The van der Waals surface area contributed by atoms with Gasteiger partial charge in [-0.05, 0) is 36.1 Å². The Morgan fingerprint density at radius 1 is 0.929 bits per heavy atom. The Labute approximate surface area is 160 Å². The molecule has 3 nitrogen and oxygen atoms in total. The van der Waals surface area contributed by atoms with Gasteiger partial charge in [0.15, 0.2) is 0 Å². The highest BCUT2D eigenvalue weighted by molar-refractivity contribution is 7.99. The molecule has 0 amide bonds. The van der Waals surface area contributed by atoms with E-state index in [4.69, 9.17) is 0 Å². The molecule has 0 N–H and O–H groups in total. The minimum Gasteiger partial charge on any atom is -0.297 e. The summed E-state index contributed by atoms with van der Waals surface area (Å²) in [6, 6.07) is 5.41. The van der Waals surface area contributed by atoms with Gasteiger partial charge in [0, 0.05) is 16.8 Å². The predicted molar refractivity (Wildman–Crippen MR) is 93.2 cm³/mol. The molecule has 0 radical (unpaired) electrons. The van der Waals surface area contributed by atoms with Crippen molar-refractivity contribution in [1.82, 2.24) is 14.5 Å². The lowest BCUT2D eigenvalue weighted by Crippen LogP contribution is -2.07. The van der Waals surface area contributed by atoms with E-state index in [1.54, 1.807) is 6.92 Å². The van der Waals surface area contributed by atoms with E-state index in [1.807, 2.05) is 0 Å². The third-order valence-electron chi connectivity index (χ3n) is 3.83. The van der Waals surface area contributed by atoms with Crippen molar-refractivity contribution < 1.29 is 26.3 Å². The Morgan fingerprint density at radius 3 is 2.14 bits per heavy atom. The fourth-order valence-electron chi connectivity index (χ4n) is 2.54.